The molecular weight excluding hydrogens is 364 g/mol. The summed E-state index contributed by atoms with van der Waals surface area (Å²) in [6, 6.07) is 10.6. The Morgan fingerprint density at radius 1 is 1.04 bits per heavy atom. The van der Waals surface area contributed by atoms with Gasteiger partial charge in [-0.25, -0.2) is 13.6 Å². The van der Waals surface area contributed by atoms with E-state index in [-0.39, 0.29) is 24.6 Å². The fourth-order valence-electron chi connectivity index (χ4n) is 3.32. The van der Waals surface area contributed by atoms with Crippen molar-refractivity contribution in [1.29, 1.82) is 0 Å². The molecule has 0 saturated carbocycles. The number of carbonyl (C=O) groups excluding carboxylic acids is 1. The number of para-hydroxylation sites is 2. The molecule has 0 fully saturated rings. The Hall–Kier alpha value is -2.96. The van der Waals surface area contributed by atoms with Gasteiger partial charge in [0.05, 0.1) is 17.1 Å². The van der Waals surface area contributed by atoms with Crippen molar-refractivity contribution >= 4 is 16.9 Å². The number of halogens is 2. The van der Waals surface area contributed by atoms with Crippen LogP contribution >= 0.6 is 0 Å². The highest BCUT2D eigenvalue weighted by atomic mass is 19.2. The zero-order valence-electron chi connectivity index (χ0n) is 15.9. The molecule has 0 saturated heterocycles. The number of hydrogen-bond acceptors (Lipinski definition) is 2. The molecule has 7 heteroatoms. The molecule has 1 heterocycles. The van der Waals surface area contributed by atoms with Crippen LogP contribution in [0, 0.1) is 11.6 Å². The van der Waals surface area contributed by atoms with E-state index in [0.29, 0.717) is 12.1 Å². The van der Waals surface area contributed by atoms with Gasteiger partial charge in [0.15, 0.2) is 11.6 Å². The van der Waals surface area contributed by atoms with Gasteiger partial charge in [-0.1, -0.05) is 25.1 Å². The zero-order chi connectivity index (χ0) is 20.3. The molecule has 1 atom stereocenters. The fourth-order valence-corrected chi connectivity index (χ4v) is 3.32. The first-order valence-corrected chi connectivity index (χ1v) is 9.34. The molecule has 148 valence electrons. The number of aromatic nitrogens is 2. The molecule has 1 aromatic heterocycles. The largest absolute Gasteiger partial charge is 0.350 e. The van der Waals surface area contributed by atoms with Crippen molar-refractivity contribution in [3.8, 4) is 0 Å². The van der Waals surface area contributed by atoms with Crippen LogP contribution < -0.4 is 11.0 Å². The maximum absolute atomic E-state index is 13.4. The van der Waals surface area contributed by atoms with E-state index in [1.54, 1.807) is 16.1 Å². The molecule has 1 unspecified atom stereocenters. The third-order valence-electron chi connectivity index (χ3n) is 4.76. The van der Waals surface area contributed by atoms with Crippen molar-refractivity contribution in [3.63, 3.8) is 0 Å². The number of imidazole rings is 1. The van der Waals surface area contributed by atoms with Crippen LogP contribution in [0.1, 0.15) is 38.3 Å². The predicted octanol–water partition coefficient (Wildman–Crippen LogP) is 3.76. The minimum absolute atomic E-state index is 0.105. The Bertz CT molecular complexity index is 1060. The van der Waals surface area contributed by atoms with E-state index in [1.807, 2.05) is 31.2 Å². The van der Waals surface area contributed by atoms with Crippen LogP contribution in [0.3, 0.4) is 0 Å². The number of rotatable bonds is 7. The normalized spacial score (nSPS) is 12.3. The highest BCUT2D eigenvalue weighted by Gasteiger charge is 2.15. The lowest BCUT2D eigenvalue weighted by Crippen LogP contribution is -2.30. The van der Waals surface area contributed by atoms with Gasteiger partial charge >= 0.3 is 5.69 Å². The van der Waals surface area contributed by atoms with Crippen LogP contribution in [-0.4, -0.2) is 15.0 Å². The van der Waals surface area contributed by atoms with E-state index in [2.05, 4.69) is 5.32 Å². The number of fused-ring (bicyclic) bond motifs is 1. The van der Waals surface area contributed by atoms with Crippen LogP contribution in [-0.2, 0) is 17.9 Å². The Morgan fingerprint density at radius 3 is 2.29 bits per heavy atom. The molecule has 1 amide bonds. The van der Waals surface area contributed by atoms with Gasteiger partial charge in [-0.2, -0.15) is 0 Å². The molecule has 28 heavy (non-hydrogen) atoms. The van der Waals surface area contributed by atoms with E-state index in [0.717, 1.165) is 29.6 Å². The summed E-state index contributed by atoms with van der Waals surface area (Å²) >= 11 is 0. The smallest absolute Gasteiger partial charge is 0.329 e. The van der Waals surface area contributed by atoms with Crippen molar-refractivity contribution in [3.05, 3.63) is 70.1 Å². The van der Waals surface area contributed by atoms with E-state index in [9.17, 15) is 18.4 Å². The average molecular weight is 387 g/mol. The summed E-state index contributed by atoms with van der Waals surface area (Å²) in [6.45, 7) is 4.56. The Kier molecular flexibility index (Phi) is 5.92. The number of benzene rings is 2. The van der Waals surface area contributed by atoms with Crippen molar-refractivity contribution in [2.75, 3.05) is 0 Å². The third-order valence-corrected chi connectivity index (χ3v) is 4.76. The van der Waals surface area contributed by atoms with Crippen LogP contribution in [0.15, 0.2) is 47.3 Å². The number of amides is 1. The predicted molar refractivity (Wildman–Crippen MR) is 104 cm³/mol. The second kappa shape index (κ2) is 8.37. The second-order valence-corrected chi connectivity index (χ2v) is 6.79. The SMILES string of the molecule is CCCn1c(=O)n(CCC(=O)NC(C)c2ccc(F)c(F)c2)c2ccccc21. The average Bonchev–Trinajstić information content (AvgIpc) is 2.94. The molecule has 3 rings (SSSR count). The molecule has 2 aromatic carbocycles. The van der Waals surface area contributed by atoms with E-state index < -0.39 is 17.7 Å². The van der Waals surface area contributed by atoms with Gasteiger partial charge in [0.1, 0.15) is 0 Å². The summed E-state index contributed by atoms with van der Waals surface area (Å²) in [7, 11) is 0. The number of aryl methyl sites for hydroxylation is 2. The third kappa shape index (κ3) is 3.98. The molecule has 0 aliphatic heterocycles. The van der Waals surface area contributed by atoms with Gasteiger partial charge in [-0.05, 0) is 43.2 Å². The molecular formula is C21H23F2N3O2. The lowest BCUT2D eigenvalue weighted by Gasteiger charge is -2.14. The standard InChI is InChI=1S/C21H23F2N3O2/c1-3-11-25-18-6-4-5-7-19(18)26(21(25)28)12-10-20(27)24-14(2)15-8-9-16(22)17(23)13-15/h4-9,13-14H,3,10-12H2,1-2H3,(H,24,27). The summed E-state index contributed by atoms with van der Waals surface area (Å²) in [6.07, 6.45) is 0.939. The monoisotopic (exact) mass is 387 g/mol. The van der Waals surface area contributed by atoms with Crippen molar-refractivity contribution in [1.82, 2.24) is 14.5 Å². The first-order chi connectivity index (χ1) is 13.4. The van der Waals surface area contributed by atoms with Crippen molar-refractivity contribution < 1.29 is 13.6 Å². The van der Waals surface area contributed by atoms with E-state index >= 15 is 0 Å². The van der Waals surface area contributed by atoms with E-state index in [4.69, 9.17) is 0 Å². The maximum Gasteiger partial charge on any atom is 0.329 e. The Morgan fingerprint density at radius 2 is 1.68 bits per heavy atom. The molecule has 0 aliphatic carbocycles. The van der Waals surface area contributed by atoms with E-state index in [1.165, 1.54) is 6.07 Å². The van der Waals surface area contributed by atoms with Crippen LogP contribution in [0.2, 0.25) is 0 Å². The summed E-state index contributed by atoms with van der Waals surface area (Å²) in [5.41, 5.74) is 1.99. The zero-order valence-corrected chi connectivity index (χ0v) is 15.9. The van der Waals surface area contributed by atoms with Gasteiger partial charge in [0.2, 0.25) is 5.91 Å². The highest BCUT2D eigenvalue weighted by Crippen LogP contribution is 2.17. The van der Waals surface area contributed by atoms with Gasteiger partial charge in [0, 0.05) is 19.5 Å². The van der Waals surface area contributed by atoms with Crippen molar-refractivity contribution in [2.24, 2.45) is 0 Å². The topological polar surface area (TPSA) is 56.0 Å². The van der Waals surface area contributed by atoms with Gasteiger partial charge in [0.25, 0.3) is 0 Å². The van der Waals surface area contributed by atoms with Crippen LogP contribution in [0.5, 0.6) is 0 Å². The minimum Gasteiger partial charge on any atom is -0.350 e. The molecule has 0 bridgehead atoms. The molecule has 3 aromatic rings. The summed E-state index contributed by atoms with van der Waals surface area (Å²) in [5.74, 6) is -2.14. The number of nitrogens with one attached hydrogen (secondary N) is 1. The lowest BCUT2D eigenvalue weighted by molar-refractivity contribution is -0.121. The summed E-state index contributed by atoms with van der Waals surface area (Å²) < 4.78 is 29.8. The molecule has 0 radical (unpaired) electrons. The number of nitrogens with zero attached hydrogens (tertiary/aromatic N) is 2. The second-order valence-electron chi connectivity index (χ2n) is 6.79. The first-order valence-electron chi connectivity index (χ1n) is 9.34. The van der Waals surface area contributed by atoms with Gasteiger partial charge in [-0.3, -0.25) is 13.9 Å². The maximum atomic E-state index is 13.4. The van der Waals surface area contributed by atoms with Crippen LogP contribution in [0.25, 0.3) is 11.0 Å². The quantitative estimate of drug-likeness (QED) is 0.671. The van der Waals surface area contributed by atoms with Gasteiger partial charge < -0.3 is 5.32 Å². The molecule has 5 nitrogen and oxygen atoms in total. The minimum atomic E-state index is -0.950. The number of carbonyl (C=O) groups is 1. The molecule has 1 N–H and O–H groups in total. The summed E-state index contributed by atoms with van der Waals surface area (Å²) in [4.78, 5) is 25.1. The lowest BCUT2D eigenvalue weighted by atomic mass is 10.1. The van der Waals surface area contributed by atoms with Crippen molar-refractivity contribution in [2.45, 2.75) is 45.8 Å². The summed E-state index contributed by atoms with van der Waals surface area (Å²) in [5, 5.41) is 2.76. The Labute approximate surface area is 161 Å². The van der Waals surface area contributed by atoms with Crippen LogP contribution in [0.4, 0.5) is 8.78 Å². The fraction of sp³-hybridized carbons (Fsp3) is 0.333. The Balaban J connectivity index is 1.72. The first kappa shape index (κ1) is 19.8. The van der Waals surface area contributed by atoms with Gasteiger partial charge in [-0.15, -0.1) is 0 Å². The highest BCUT2D eigenvalue weighted by molar-refractivity contribution is 5.78. The number of hydrogen-bond donors (Lipinski definition) is 1. The molecule has 0 aliphatic rings. The molecule has 0 spiro atoms.